The number of hydrogen-bond donors (Lipinski definition) is 0. The van der Waals surface area contributed by atoms with Crippen molar-refractivity contribution in [2.75, 3.05) is 19.6 Å². The van der Waals surface area contributed by atoms with Crippen molar-refractivity contribution < 1.29 is 9.59 Å². The Morgan fingerprint density at radius 2 is 1.97 bits per heavy atom. The van der Waals surface area contributed by atoms with E-state index in [0.29, 0.717) is 18.1 Å². The van der Waals surface area contributed by atoms with E-state index in [1.54, 1.807) is 16.2 Å². The van der Waals surface area contributed by atoms with Crippen LogP contribution in [-0.2, 0) is 16.0 Å². The molecule has 0 saturated heterocycles. The molecule has 1 aliphatic heterocycles. The highest BCUT2D eigenvalue weighted by molar-refractivity contribution is 7.10. The first kappa shape index (κ1) is 20.4. The van der Waals surface area contributed by atoms with Gasteiger partial charge in [0, 0.05) is 28.9 Å². The summed E-state index contributed by atoms with van der Waals surface area (Å²) in [6.07, 6.45) is 4.77. The Morgan fingerprint density at radius 3 is 2.62 bits per heavy atom. The van der Waals surface area contributed by atoms with E-state index in [2.05, 4.69) is 18.4 Å². The Bertz CT molecular complexity index is 875. The summed E-state index contributed by atoms with van der Waals surface area (Å²) in [5.74, 6) is 0.303. The standard InChI is InChI=1S/C23H27ClN2O2S/c1-2-12-25(23(28)17-4-3-5-17)15-21(27)26-13-10-20-19(11-14-29-20)22(26)16-6-8-18(24)9-7-16/h6-9,11,14,17,22H,2-5,10,12-13,15H2,1H3. The second-order valence-corrected chi connectivity index (χ2v) is 9.42. The Labute approximate surface area is 181 Å². The van der Waals surface area contributed by atoms with Gasteiger partial charge >= 0.3 is 0 Å². The van der Waals surface area contributed by atoms with Crippen molar-refractivity contribution in [3.05, 3.63) is 56.7 Å². The van der Waals surface area contributed by atoms with E-state index in [9.17, 15) is 9.59 Å². The van der Waals surface area contributed by atoms with E-state index in [-0.39, 0.29) is 30.3 Å². The summed E-state index contributed by atoms with van der Waals surface area (Å²) in [4.78, 5) is 31.3. The van der Waals surface area contributed by atoms with Crippen molar-refractivity contribution in [3.63, 3.8) is 0 Å². The van der Waals surface area contributed by atoms with Gasteiger partial charge in [0.15, 0.2) is 0 Å². The van der Waals surface area contributed by atoms with Crippen molar-refractivity contribution in [3.8, 4) is 0 Å². The summed E-state index contributed by atoms with van der Waals surface area (Å²) in [5, 5.41) is 2.79. The van der Waals surface area contributed by atoms with Crippen LogP contribution in [0.1, 0.15) is 54.7 Å². The third-order valence-electron chi connectivity index (χ3n) is 6.06. The van der Waals surface area contributed by atoms with Gasteiger partial charge in [-0.3, -0.25) is 9.59 Å². The van der Waals surface area contributed by atoms with Crippen LogP contribution < -0.4 is 0 Å². The monoisotopic (exact) mass is 430 g/mol. The second kappa shape index (κ2) is 8.88. The number of rotatable bonds is 6. The number of carbonyl (C=O) groups is 2. The molecule has 6 heteroatoms. The molecule has 2 heterocycles. The van der Waals surface area contributed by atoms with Gasteiger partial charge in [0.2, 0.25) is 11.8 Å². The first-order chi connectivity index (χ1) is 14.1. The zero-order chi connectivity index (χ0) is 20.4. The van der Waals surface area contributed by atoms with Gasteiger partial charge in [-0.15, -0.1) is 11.3 Å². The van der Waals surface area contributed by atoms with Crippen molar-refractivity contribution in [1.29, 1.82) is 0 Å². The predicted octanol–water partition coefficient (Wildman–Crippen LogP) is 4.91. The Hall–Kier alpha value is -1.85. The van der Waals surface area contributed by atoms with Crippen molar-refractivity contribution in [2.45, 2.75) is 45.1 Å². The SMILES string of the molecule is CCCN(CC(=O)N1CCc2sccc2C1c1ccc(Cl)cc1)C(=O)C1CCC1. The molecular weight excluding hydrogens is 404 g/mol. The van der Waals surface area contributed by atoms with Crippen LogP contribution in [0, 0.1) is 5.92 Å². The molecule has 0 spiro atoms. The van der Waals surface area contributed by atoms with Crippen LogP contribution in [0.2, 0.25) is 5.02 Å². The van der Waals surface area contributed by atoms with Crippen LogP contribution in [-0.4, -0.2) is 41.2 Å². The molecule has 29 heavy (non-hydrogen) atoms. The molecule has 1 atom stereocenters. The van der Waals surface area contributed by atoms with Crippen molar-refractivity contribution in [1.82, 2.24) is 9.80 Å². The predicted molar refractivity (Wildman–Crippen MR) is 117 cm³/mol. The van der Waals surface area contributed by atoms with Gasteiger partial charge in [-0.1, -0.05) is 37.1 Å². The van der Waals surface area contributed by atoms with Crippen LogP contribution >= 0.6 is 22.9 Å². The normalized spacial score (nSPS) is 18.8. The van der Waals surface area contributed by atoms with Gasteiger partial charge in [0.05, 0.1) is 12.6 Å². The topological polar surface area (TPSA) is 40.6 Å². The lowest BCUT2D eigenvalue weighted by Gasteiger charge is -2.38. The fourth-order valence-corrected chi connectivity index (χ4v) is 5.32. The fraction of sp³-hybridized carbons (Fsp3) is 0.478. The average molecular weight is 431 g/mol. The van der Waals surface area contributed by atoms with Crippen LogP contribution in [0.15, 0.2) is 35.7 Å². The molecule has 1 aromatic heterocycles. The molecule has 2 aliphatic rings. The summed E-state index contributed by atoms with van der Waals surface area (Å²) in [6, 6.07) is 9.78. The van der Waals surface area contributed by atoms with E-state index >= 15 is 0 Å². The number of nitrogens with zero attached hydrogens (tertiary/aromatic N) is 2. The zero-order valence-corrected chi connectivity index (χ0v) is 18.3. The maximum Gasteiger partial charge on any atom is 0.242 e. The summed E-state index contributed by atoms with van der Waals surface area (Å²) in [6.45, 7) is 3.55. The maximum absolute atomic E-state index is 13.4. The first-order valence-electron chi connectivity index (χ1n) is 10.5. The van der Waals surface area contributed by atoms with E-state index in [1.807, 2.05) is 29.2 Å². The maximum atomic E-state index is 13.4. The summed E-state index contributed by atoms with van der Waals surface area (Å²) < 4.78 is 0. The minimum Gasteiger partial charge on any atom is -0.333 e. The summed E-state index contributed by atoms with van der Waals surface area (Å²) in [5.41, 5.74) is 2.26. The van der Waals surface area contributed by atoms with E-state index in [0.717, 1.165) is 37.7 Å². The fourth-order valence-electron chi connectivity index (χ4n) is 4.29. The van der Waals surface area contributed by atoms with E-state index in [1.165, 1.54) is 10.4 Å². The van der Waals surface area contributed by atoms with Gasteiger partial charge in [-0.25, -0.2) is 0 Å². The van der Waals surface area contributed by atoms with Gasteiger partial charge in [0.25, 0.3) is 0 Å². The van der Waals surface area contributed by atoms with Crippen LogP contribution in [0.25, 0.3) is 0 Å². The molecule has 4 rings (SSSR count). The smallest absolute Gasteiger partial charge is 0.242 e. The molecule has 4 nitrogen and oxygen atoms in total. The molecule has 2 amide bonds. The molecule has 1 aliphatic carbocycles. The summed E-state index contributed by atoms with van der Waals surface area (Å²) in [7, 11) is 0. The molecule has 154 valence electrons. The lowest BCUT2D eigenvalue weighted by Crippen LogP contribution is -2.48. The lowest BCUT2D eigenvalue weighted by atomic mass is 9.84. The van der Waals surface area contributed by atoms with Crippen LogP contribution in [0.5, 0.6) is 0 Å². The molecule has 1 fully saturated rings. The molecule has 0 bridgehead atoms. The third kappa shape index (κ3) is 4.22. The van der Waals surface area contributed by atoms with Gasteiger partial charge < -0.3 is 9.80 Å². The molecule has 1 unspecified atom stereocenters. The molecule has 0 radical (unpaired) electrons. The number of amides is 2. The Morgan fingerprint density at radius 1 is 1.21 bits per heavy atom. The highest BCUT2D eigenvalue weighted by Crippen LogP contribution is 2.38. The number of thiophene rings is 1. The van der Waals surface area contributed by atoms with E-state index < -0.39 is 0 Å². The number of halogens is 1. The molecular formula is C23H27ClN2O2S. The average Bonchev–Trinajstić information content (AvgIpc) is 3.15. The molecule has 1 aromatic carbocycles. The molecule has 0 N–H and O–H groups in total. The van der Waals surface area contributed by atoms with Crippen LogP contribution in [0.4, 0.5) is 0 Å². The first-order valence-corrected chi connectivity index (χ1v) is 11.7. The highest BCUT2D eigenvalue weighted by atomic mass is 35.5. The largest absolute Gasteiger partial charge is 0.333 e. The number of benzene rings is 1. The van der Waals surface area contributed by atoms with Crippen molar-refractivity contribution in [2.24, 2.45) is 5.92 Å². The minimum atomic E-state index is -0.114. The summed E-state index contributed by atoms with van der Waals surface area (Å²) >= 11 is 7.85. The van der Waals surface area contributed by atoms with Gasteiger partial charge in [0.1, 0.15) is 0 Å². The Balaban J connectivity index is 1.58. The molecule has 1 saturated carbocycles. The van der Waals surface area contributed by atoms with E-state index in [4.69, 9.17) is 11.6 Å². The molecule has 2 aromatic rings. The van der Waals surface area contributed by atoms with Gasteiger partial charge in [-0.05, 0) is 60.4 Å². The Kier molecular flexibility index (Phi) is 6.26. The lowest BCUT2D eigenvalue weighted by molar-refractivity contribution is -0.145. The number of fused-ring (bicyclic) bond motifs is 1. The number of carbonyl (C=O) groups excluding carboxylic acids is 2. The minimum absolute atomic E-state index is 0.0305. The van der Waals surface area contributed by atoms with Gasteiger partial charge in [-0.2, -0.15) is 0 Å². The van der Waals surface area contributed by atoms with Crippen molar-refractivity contribution >= 4 is 34.8 Å². The third-order valence-corrected chi connectivity index (χ3v) is 7.31. The zero-order valence-electron chi connectivity index (χ0n) is 16.8. The highest BCUT2D eigenvalue weighted by Gasteiger charge is 2.35. The number of hydrogen-bond acceptors (Lipinski definition) is 3. The quantitative estimate of drug-likeness (QED) is 0.653. The second-order valence-electron chi connectivity index (χ2n) is 7.98. The van der Waals surface area contributed by atoms with Crippen LogP contribution in [0.3, 0.4) is 0 Å².